The summed E-state index contributed by atoms with van der Waals surface area (Å²) in [6.07, 6.45) is 2.89. The highest BCUT2D eigenvalue weighted by Crippen LogP contribution is 1.98. The van der Waals surface area contributed by atoms with Crippen molar-refractivity contribution < 1.29 is 15.4 Å². The lowest BCUT2D eigenvalue weighted by atomic mass is 10.2. The Morgan fingerprint density at radius 3 is 2.00 bits per heavy atom. The van der Waals surface area contributed by atoms with E-state index >= 15 is 0 Å². The molecule has 2 N–H and O–H groups in total. The van der Waals surface area contributed by atoms with E-state index in [9.17, 15) is 0 Å². The van der Waals surface area contributed by atoms with Gasteiger partial charge in [0.25, 0.3) is 5.09 Å². The number of nitrogens with zero attached hydrogens (tertiary/aromatic N) is 1. The van der Waals surface area contributed by atoms with E-state index in [1.807, 2.05) is 6.92 Å². The summed E-state index contributed by atoms with van der Waals surface area (Å²) in [6, 6.07) is 0. The molecule has 0 heterocycles. The molecule has 5 nitrogen and oxygen atoms in total. The van der Waals surface area contributed by atoms with Crippen molar-refractivity contribution in [3.05, 3.63) is 10.1 Å². The molecular formula is C6H15NO4. The molecule has 0 saturated heterocycles. The van der Waals surface area contributed by atoms with Crippen LogP contribution in [0.1, 0.15) is 33.1 Å². The number of rotatable bonds is 3. The minimum Gasteiger partial charge on any atom is -0.393 e. The first-order valence-electron chi connectivity index (χ1n) is 3.55. The molecule has 0 bridgehead atoms. The largest absolute Gasteiger partial charge is 0.393 e. The maximum Gasteiger partial charge on any atom is 0.291 e. The average molecular weight is 165 g/mol. The van der Waals surface area contributed by atoms with E-state index < -0.39 is 5.09 Å². The number of hydrogen-bond donors (Lipinski definition) is 2. The van der Waals surface area contributed by atoms with Crippen molar-refractivity contribution in [3.8, 4) is 0 Å². The second kappa shape index (κ2) is 9.16. The number of aliphatic hydroxyl groups is 1. The van der Waals surface area contributed by atoms with Gasteiger partial charge in [0, 0.05) is 0 Å². The maximum absolute atomic E-state index is 8.86. The summed E-state index contributed by atoms with van der Waals surface area (Å²) in [4.78, 5) is 8.36. The van der Waals surface area contributed by atoms with Crippen molar-refractivity contribution in [1.29, 1.82) is 0 Å². The molecule has 0 fully saturated rings. The van der Waals surface area contributed by atoms with Crippen LogP contribution in [-0.4, -0.2) is 21.5 Å². The predicted molar refractivity (Wildman–Crippen MR) is 40.0 cm³/mol. The lowest BCUT2D eigenvalue weighted by Crippen LogP contribution is -2.01. The third kappa shape index (κ3) is 27.1. The van der Waals surface area contributed by atoms with Gasteiger partial charge in [-0.25, -0.2) is 0 Å². The molecule has 0 rings (SSSR count). The summed E-state index contributed by atoms with van der Waals surface area (Å²) in [5, 5.41) is 22.5. The Balaban J connectivity index is 0. The Hall–Kier alpha value is -0.840. The van der Waals surface area contributed by atoms with Crippen LogP contribution in [0.15, 0.2) is 0 Å². The van der Waals surface area contributed by atoms with Gasteiger partial charge in [0.1, 0.15) is 0 Å². The molecule has 5 heteroatoms. The number of aliphatic hydroxyl groups excluding tert-OH is 1. The first kappa shape index (κ1) is 12.8. The minimum atomic E-state index is -1.50. The lowest BCUT2D eigenvalue weighted by Gasteiger charge is -2.01. The van der Waals surface area contributed by atoms with E-state index in [2.05, 4.69) is 6.92 Å². The monoisotopic (exact) mass is 165 g/mol. The Labute approximate surface area is 65.8 Å². The Morgan fingerprint density at radius 2 is 1.91 bits per heavy atom. The van der Waals surface area contributed by atoms with Gasteiger partial charge < -0.3 is 10.3 Å². The standard InChI is InChI=1S/C6H14O.HNO3/c1-3-5-6(7)4-2;2-1(3)4/h6-7H,3-5H2,1-2H3;(H,2,3,4). The zero-order valence-electron chi connectivity index (χ0n) is 6.86. The van der Waals surface area contributed by atoms with Crippen LogP contribution in [0.5, 0.6) is 0 Å². The van der Waals surface area contributed by atoms with E-state index in [-0.39, 0.29) is 6.10 Å². The highest BCUT2D eigenvalue weighted by atomic mass is 16.9. The summed E-state index contributed by atoms with van der Waals surface area (Å²) in [7, 11) is 0. The Morgan fingerprint density at radius 1 is 1.55 bits per heavy atom. The summed E-state index contributed by atoms with van der Waals surface area (Å²) in [5.41, 5.74) is 0. The molecule has 11 heavy (non-hydrogen) atoms. The molecule has 0 amide bonds. The van der Waals surface area contributed by atoms with Gasteiger partial charge in [-0.15, -0.1) is 10.1 Å². The van der Waals surface area contributed by atoms with Crippen molar-refractivity contribution in [3.63, 3.8) is 0 Å². The van der Waals surface area contributed by atoms with Gasteiger partial charge in [-0.05, 0) is 12.8 Å². The summed E-state index contributed by atoms with van der Waals surface area (Å²) in [5.74, 6) is 0. The molecule has 0 aromatic rings. The van der Waals surface area contributed by atoms with Crippen LogP contribution in [-0.2, 0) is 0 Å². The van der Waals surface area contributed by atoms with Crippen LogP contribution in [0.3, 0.4) is 0 Å². The molecule has 0 aliphatic carbocycles. The molecule has 0 aliphatic rings. The van der Waals surface area contributed by atoms with E-state index in [0.717, 1.165) is 19.3 Å². The van der Waals surface area contributed by atoms with Crippen LogP contribution in [0.25, 0.3) is 0 Å². The molecule has 0 spiro atoms. The highest BCUT2D eigenvalue weighted by Gasteiger charge is 1.94. The van der Waals surface area contributed by atoms with Crippen molar-refractivity contribution in [2.45, 2.75) is 39.2 Å². The van der Waals surface area contributed by atoms with Crippen molar-refractivity contribution in [2.75, 3.05) is 0 Å². The fraction of sp³-hybridized carbons (Fsp3) is 1.00. The minimum absolute atomic E-state index is 0.0509. The summed E-state index contributed by atoms with van der Waals surface area (Å²) < 4.78 is 0. The lowest BCUT2D eigenvalue weighted by molar-refractivity contribution is -0.742. The molecule has 0 radical (unpaired) electrons. The first-order valence-corrected chi connectivity index (χ1v) is 3.55. The van der Waals surface area contributed by atoms with Crippen LogP contribution in [0.2, 0.25) is 0 Å². The average Bonchev–Trinajstić information content (AvgIpc) is 1.87. The molecule has 0 aliphatic heterocycles. The molecule has 0 aromatic carbocycles. The second-order valence-electron chi connectivity index (χ2n) is 2.09. The zero-order valence-corrected chi connectivity index (χ0v) is 6.86. The topological polar surface area (TPSA) is 83.6 Å². The molecular weight excluding hydrogens is 150 g/mol. The van der Waals surface area contributed by atoms with Crippen molar-refractivity contribution >= 4 is 0 Å². The number of hydrogen-bond acceptors (Lipinski definition) is 3. The third-order valence-corrected chi connectivity index (χ3v) is 1.09. The molecule has 68 valence electrons. The SMILES string of the molecule is CCCC(O)CC.O=[N+]([O-])O. The second-order valence-corrected chi connectivity index (χ2v) is 2.09. The molecule has 1 unspecified atom stereocenters. The summed E-state index contributed by atoms with van der Waals surface area (Å²) >= 11 is 0. The quantitative estimate of drug-likeness (QED) is 0.486. The van der Waals surface area contributed by atoms with Crippen LogP contribution < -0.4 is 0 Å². The van der Waals surface area contributed by atoms with Crippen LogP contribution in [0.4, 0.5) is 0 Å². The smallest absolute Gasteiger partial charge is 0.291 e. The van der Waals surface area contributed by atoms with E-state index in [4.69, 9.17) is 20.4 Å². The van der Waals surface area contributed by atoms with Gasteiger partial charge in [0.05, 0.1) is 6.10 Å². The third-order valence-electron chi connectivity index (χ3n) is 1.09. The van der Waals surface area contributed by atoms with E-state index in [1.54, 1.807) is 0 Å². The predicted octanol–water partition coefficient (Wildman–Crippen LogP) is 1.21. The Kier molecular flexibility index (Phi) is 10.7. The Bertz CT molecular complexity index is 92.6. The zero-order chi connectivity index (χ0) is 9.28. The van der Waals surface area contributed by atoms with Crippen LogP contribution in [0, 0.1) is 10.1 Å². The van der Waals surface area contributed by atoms with Gasteiger partial charge in [0.2, 0.25) is 0 Å². The maximum atomic E-state index is 8.86. The van der Waals surface area contributed by atoms with Gasteiger partial charge in [0.15, 0.2) is 0 Å². The van der Waals surface area contributed by atoms with E-state index in [1.165, 1.54) is 0 Å². The summed E-state index contributed by atoms with van der Waals surface area (Å²) in [6.45, 7) is 4.08. The van der Waals surface area contributed by atoms with Gasteiger partial charge in [-0.3, -0.25) is 0 Å². The normalized spacial score (nSPS) is 11.2. The fourth-order valence-electron chi connectivity index (χ4n) is 0.537. The first-order chi connectivity index (χ1) is 5.04. The molecule has 1 atom stereocenters. The van der Waals surface area contributed by atoms with E-state index in [0.29, 0.717) is 0 Å². The van der Waals surface area contributed by atoms with Crippen LogP contribution >= 0.6 is 0 Å². The fourth-order valence-corrected chi connectivity index (χ4v) is 0.537. The molecule has 0 aromatic heterocycles. The van der Waals surface area contributed by atoms with Gasteiger partial charge >= 0.3 is 0 Å². The van der Waals surface area contributed by atoms with Gasteiger partial charge in [-0.2, -0.15) is 0 Å². The van der Waals surface area contributed by atoms with Crippen molar-refractivity contribution in [1.82, 2.24) is 0 Å². The van der Waals surface area contributed by atoms with Crippen molar-refractivity contribution in [2.24, 2.45) is 0 Å². The molecule has 0 saturated carbocycles. The van der Waals surface area contributed by atoms with Gasteiger partial charge in [-0.1, -0.05) is 20.3 Å². The highest BCUT2D eigenvalue weighted by molar-refractivity contribution is 4.47.